The molecular formula is C17H29BrOSi. The van der Waals surface area contributed by atoms with Crippen LogP contribution in [-0.2, 0) is 5.41 Å². The Labute approximate surface area is 134 Å². The minimum absolute atomic E-state index is 0.175. The summed E-state index contributed by atoms with van der Waals surface area (Å²) in [6, 6.07) is 6.48. The molecular weight excluding hydrogens is 328 g/mol. The number of hydrogen-bond acceptors (Lipinski definition) is 1. The van der Waals surface area contributed by atoms with Crippen LogP contribution in [-0.4, -0.2) is 15.0 Å². The molecule has 0 aliphatic carbocycles. The predicted octanol–water partition coefficient (Wildman–Crippen LogP) is 5.71. The second-order valence-electron chi connectivity index (χ2n) is 7.36. The van der Waals surface area contributed by atoms with Gasteiger partial charge in [0.2, 0.25) is 0 Å². The van der Waals surface area contributed by atoms with Crippen molar-refractivity contribution in [2.24, 2.45) is 0 Å². The first kappa shape index (κ1) is 17.8. The topological polar surface area (TPSA) is 9.23 Å². The average molecular weight is 357 g/mol. The van der Waals surface area contributed by atoms with E-state index in [0.717, 1.165) is 27.5 Å². The van der Waals surface area contributed by atoms with Gasteiger partial charge >= 0.3 is 0 Å². The third-order valence-corrected chi connectivity index (χ3v) is 8.54. The van der Waals surface area contributed by atoms with Crippen LogP contribution in [0.25, 0.3) is 0 Å². The van der Waals surface area contributed by atoms with E-state index < -0.39 is 8.80 Å². The summed E-state index contributed by atoms with van der Waals surface area (Å²) in [5.41, 5.74) is 3.07. The lowest BCUT2D eigenvalue weighted by Gasteiger charge is -2.24. The Morgan fingerprint density at radius 3 is 2.05 bits per heavy atom. The zero-order valence-electron chi connectivity index (χ0n) is 14.0. The maximum Gasteiger partial charge on any atom is 0.132 e. The first-order valence-electron chi connectivity index (χ1n) is 7.55. The molecule has 0 saturated heterocycles. The van der Waals surface area contributed by atoms with Crippen LogP contribution >= 0.6 is 15.9 Å². The van der Waals surface area contributed by atoms with Gasteiger partial charge in [0, 0.05) is 0 Å². The molecule has 0 spiro atoms. The molecule has 1 aromatic rings. The average Bonchev–Trinajstić information content (AvgIpc) is 2.28. The number of benzene rings is 1. The predicted molar refractivity (Wildman–Crippen MR) is 95.7 cm³/mol. The third kappa shape index (κ3) is 4.92. The summed E-state index contributed by atoms with van der Waals surface area (Å²) in [5, 5.41) is 0. The van der Waals surface area contributed by atoms with E-state index in [1.807, 2.05) is 0 Å². The lowest BCUT2D eigenvalue weighted by molar-refractivity contribution is 0.374. The molecule has 0 bridgehead atoms. The van der Waals surface area contributed by atoms with Crippen LogP contribution in [0.2, 0.25) is 11.1 Å². The molecule has 0 amide bonds. The van der Waals surface area contributed by atoms with Crippen LogP contribution in [0.15, 0.2) is 22.7 Å². The van der Waals surface area contributed by atoms with Gasteiger partial charge in [0.05, 0.1) is 19.5 Å². The fourth-order valence-corrected chi connectivity index (χ4v) is 5.60. The molecule has 0 unspecified atom stereocenters. The first-order chi connectivity index (χ1) is 9.12. The lowest BCUT2D eigenvalue weighted by Crippen LogP contribution is -2.29. The van der Waals surface area contributed by atoms with E-state index in [9.17, 15) is 0 Å². The van der Waals surface area contributed by atoms with Gasteiger partial charge in [-0.1, -0.05) is 65.6 Å². The van der Waals surface area contributed by atoms with Crippen LogP contribution in [0.3, 0.4) is 0 Å². The molecule has 3 heteroatoms. The quantitative estimate of drug-likeness (QED) is 0.613. The Bertz CT molecular complexity index is 427. The Hall–Kier alpha value is -0.283. The van der Waals surface area contributed by atoms with Crippen LogP contribution in [0.1, 0.15) is 54.0 Å². The highest BCUT2D eigenvalue weighted by molar-refractivity contribution is 9.10. The first-order valence-corrected chi connectivity index (χ1v) is 10.5. The van der Waals surface area contributed by atoms with Crippen LogP contribution < -0.4 is 4.74 Å². The summed E-state index contributed by atoms with van der Waals surface area (Å²) in [6.45, 7) is 16.0. The Morgan fingerprint density at radius 2 is 1.65 bits per heavy atom. The standard InChI is InChI=1S/C17H29BrOSi/c1-12(2)20(13(3)4)11-19-16-9-8-14(10-15(16)18)17(5,6)7/h8-10,12-13,20H,11H2,1-7H3. The van der Waals surface area contributed by atoms with E-state index in [-0.39, 0.29) is 5.41 Å². The number of hydrogen-bond donors (Lipinski definition) is 0. The van der Waals surface area contributed by atoms with Gasteiger partial charge in [0.15, 0.2) is 0 Å². The normalized spacial score (nSPS) is 12.6. The Morgan fingerprint density at radius 1 is 1.10 bits per heavy atom. The van der Waals surface area contributed by atoms with E-state index >= 15 is 0 Å². The van der Waals surface area contributed by atoms with Gasteiger partial charge in [-0.3, -0.25) is 0 Å². The monoisotopic (exact) mass is 356 g/mol. The Kier molecular flexibility index (Phi) is 6.33. The number of halogens is 1. The van der Waals surface area contributed by atoms with Crippen molar-refractivity contribution in [2.75, 3.05) is 6.23 Å². The molecule has 1 nitrogen and oxygen atoms in total. The molecule has 0 aliphatic rings. The van der Waals surface area contributed by atoms with Gasteiger partial charge in [-0.05, 0) is 39.0 Å². The fraction of sp³-hybridized carbons (Fsp3) is 0.647. The lowest BCUT2D eigenvalue weighted by atomic mass is 9.87. The molecule has 0 aliphatic heterocycles. The second-order valence-corrected chi connectivity index (χ2v) is 12.5. The highest BCUT2D eigenvalue weighted by Gasteiger charge is 2.21. The van der Waals surface area contributed by atoms with Gasteiger partial charge in [-0.25, -0.2) is 0 Å². The van der Waals surface area contributed by atoms with E-state index in [4.69, 9.17) is 4.74 Å². The highest BCUT2D eigenvalue weighted by Crippen LogP contribution is 2.32. The van der Waals surface area contributed by atoms with Crippen LogP contribution in [0, 0.1) is 0 Å². The maximum atomic E-state index is 6.10. The fourth-order valence-electron chi connectivity index (χ4n) is 2.43. The summed E-state index contributed by atoms with van der Waals surface area (Å²) in [5.74, 6) is 0.983. The summed E-state index contributed by atoms with van der Waals surface area (Å²) in [4.78, 5) is 0. The van der Waals surface area contributed by atoms with Crippen molar-refractivity contribution in [1.82, 2.24) is 0 Å². The van der Waals surface area contributed by atoms with E-state index in [1.165, 1.54) is 5.56 Å². The summed E-state index contributed by atoms with van der Waals surface area (Å²) >= 11 is 3.65. The van der Waals surface area contributed by atoms with E-state index in [0.29, 0.717) is 0 Å². The Balaban J connectivity index is 2.79. The minimum atomic E-state index is -0.860. The van der Waals surface area contributed by atoms with E-state index in [1.54, 1.807) is 0 Å². The van der Waals surface area contributed by atoms with Gasteiger partial charge in [0.25, 0.3) is 0 Å². The molecule has 0 aromatic heterocycles. The molecule has 0 saturated carbocycles. The highest BCUT2D eigenvalue weighted by atomic mass is 79.9. The van der Waals surface area contributed by atoms with Crippen molar-refractivity contribution in [3.05, 3.63) is 28.2 Å². The number of rotatable bonds is 5. The van der Waals surface area contributed by atoms with Gasteiger partial charge in [0.1, 0.15) is 5.75 Å². The van der Waals surface area contributed by atoms with Gasteiger partial charge in [-0.2, -0.15) is 0 Å². The smallest absolute Gasteiger partial charge is 0.132 e. The molecule has 0 atom stereocenters. The molecule has 0 fully saturated rings. The molecule has 0 heterocycles. The summed E-state index contributed by atoms with van der Waals surface area (Å²) < 4.78 is 7.18. The molecule has 0 N–H and O–H groups in total. The molecule has 0 radical (unpaired) electrons. The molecule has 114 valence electrons. The molecule has 20 heavy (non-hydrogen) atoms. The zero-order valence-corrected chi connectivity index (χ0v) is 16.7. The molecule has 1 aromatic carbocycles. The maximum absolute atomic E-state index is 6.10. The van der Waals surface area contributed by atoms with Gasteiger partial charge < -0.3 is 4.74 Å². The second kappa shape index (κ2) is 7.12. The van der Waals surface area contributed by atoms with Crippen LogP contribution in [0.4, 0.5) is 0 Å². The van der Waals surface area contributed by atoms with E-state index in [2.05, 4.69) is 82.6 Å². The minimum Gasteiger partial charge on any atom is -0.496 e. The zero-order chi connectivity index (χ0) is 15.5. The SMILES string of the molecule is CC(C)[SiH](COc1ccc(C(C)(C)C)cc1Br)C(C)C. The van der Waals surface area contributed by atoms with Crippen molar-refractivity contribution in [3.8, 4) is 5.75 Å². The summed E-state index contributed by atoms with van der Waals surface area (Å²) in [7, 11) is -0.860. The van der Waals surface area contributed by atoms with Crippen molar-refractivity contribution in [1.29, 1.82) is 0 Å². The van der Waals surface area contributed by atoms with Crippen molar-refractivity contribution < 1.29 is 4.74 Å². The largest absolute Gasteiger partial charge is 0.496 e. The van der Waals surface area contributed by atoms with Crippen molar-refractivity contribution in [3.63, 3.8) is 0 Å². The van der Waals surface area contributed by atoms with Crippen molar-refractivity contribution >= 4 is 24.7 Å². The van der Waals surface area contributed by atoms with Gasteiger partial charge in [-0.15, -0.1) is 0 Å². The summed E-state index contributed by atoms with van der Waals surface area (Å²) in [6.07, 6.45) is 0.919. The molecule has 1 rings (SSSR count). The van der Waals surface area contributed by atoms with Crippen molar-refractivity contribution in [2.45, 2.75) is 65.0 Å². The van der Waals surface area contributed by atoms with Crippen LogP contribution in [0.5, 0.6) is 5.75 Å². The number of ether oxygens (including phenoxy) is 1. The third-order valence-electron chi connectivity index (χ3n) is 3.94.